The SMILES string of the molecule is CN1CCNCC1.Cc1cccc(Cn2nc(-c3nc(-c4ccc(OC(F)(F)F)cc4)no3)nc2C)c1.Cc1nc(-c2nc(-c3ccc(OC(F)(F)F)cc3)no2)nn1Cc1cccc(C(=O)N2CCN(C)CC2)c1.O=C=O. The minimum atomic E-state index is -4.77. The van der Waals surface area contributed by atoms with Gasteiger partial charge in [-0.1, -0.05) is 52.3 Å². The van der Waals surface area contributed by atoms with Gasteiger partial charge in [0.2, 0.25) is 23.3 Å². The maximum absolute atomic E-state index is 13.0. The fourth-order valence-electron chi connectivity index (χ4n) is 7.72. The number of rotatable bonds is 11. The summed E-state index contributed by atoms with van der Waals surface area (Å²) in [6.07, 6.45) is -9.27. The number of nitrogens with one attached hydrogen (secondary N) is 1. The summed E-state index contributed by atoms with van der Waals surface area (Å²) in [4.78, 5) is 52.9. The number of hydrogen-bond acceptors (Lipinski definition) is 18. The molecule has 0 saturated carbocycles. The van der Waals surface area contributed by atoms with Crippen LogP contribution < -0.4 is 14.8 Å². The smallest absolute Gasteiger partial charge is 0.406 e. The maximum atomic E-state index is 13.0. The Morgan fingerprint density at radius 3 is 1.45 bits per heavy atom. The van der Waals surface area contributed by atoms with Gasteiger partial charge in [-0.15, -0.1) is 36.5 Å². The molecule has 10 rings (SSSR count). The van der Waals surface area contributed by atoms with Crippen molar-refractivity contribution in [2.45, 2.75) is 46.6 Å². The third kappa shape index (κ3) is 16.7. The molecule has 1 amide bonds. The van der Waals surface area contributed by atoms with Crippen LogP contribution in [0, 0.1) is 20.8 Å². The average Bonchev–Trinajstić information content (AvgIpc) is 4.23. The van der Waals surface area contributed by atoms with Crippen molar-refractivity contribution in [3.05, 3.63) is 131 Å². The van der Waals surface area contributed by atoms with Crippen molar-refractivity contribution in [3.63, 3.8) is 0 Å². The molecule has 2 aliphatic rings. The maximum Gasteiger partial charge on any atom is 0.573 e. The minimum absolute atomic E-state index is 0.00680. The summed E-state index contributed by atoms with van der Waals surface area (Å²) in [7, 11) is 4.20. The first-order chi connectivity index (χ1) is 37.2. The summed E-state index contributed by atoms with van der Waals surface area (Å²) >= 11 is 0. The summed E-state index contributed by atoms with van der Waals surface area (Å²) in [6, 6.07) is 25.8. The van der Waals surface area contributed by atoms with Crippen molar-refractivity contribution in [3.8, 4) is 57.7 Å². The summed E-state index contributed by atoms with van der Waals surface area (Å²) in [5.74, 6) is 1.65. The first-order valence-electron chi connectivity index (χ1n) is 24.0. The van der Waals surface area contributed by atoms with Gasteiger partial charge in [-0.25, -0.2) is 19.3 Å². The number of carbonyl (C=O) groups is 1. The Kier molecular flexibility index (Phi) is 19.0. The number of benzene rings is 4. The average molecular weight is 1090 g/mol. The predicted octanol–water partition coefficient (Wildman–Crippen LogP) is 7.13. The lowest BCUT2D eigenvalue weighted by molar-refractivity contribution is -0.275. The highest BCUT2D eigenvalue weighted by Gasteiger charge is 2.32. The number of carbonyl (C=O) groups excluding carboxylic acids is 3. The second-order valence-electron chi connectivity index (χ2n) is 17.7. The standard InChI is InChI=1S/C25H24F3N7O3.C20H16F3N5O2.C5H12N2.CO2/c1-16-29-22(23-30-21(32-38-23)18-6-8-20(9-7-18)37-25(26,27)28)31-35(16)15-17-4-3-5-19(14-17)24(36)34-12-10-33(2)11-13-34;1-12-4-3-5-14(10-12)11-28-13(2)24-18(26-28)19-25-17(27-30-19)15-6-8-16(9-7-15)29-20(21,22)23;1-7-4-2-6-3-5-7;2-1-3/h3-9,14H,10-13,15H2,1-2H3;3-10H,11H2,1-2H3;6H,2-5H2,1H3;. The molecular weight excluding hydrogens is 1030 g/mol. The van der Waals surface area contributed by atoms with E-state index in [-0.39, 0.29) is 58.6 Å². The number of amides is 1. The summed E-state index contributed by atoms with van der Waals surface area (Å²) < 4.78 is 95.6. The molecule has 0 aliphatic carbocycles. The lowest BCUT2D eigenvalue weighted by Crippen LogP contribution is -2.47. The highest BCUT2D eigenvalue weighted by molar-refractivity contribution is 5.94. The topological polar surface area (TPSA) is 231 Å². The molecule has 2 saturated heterocycles. The second kappa shape index (κ2) is 25.9. The number of alkyl halides is 6. The van der Waals surface area contributed by atoms with E-state index >= 15 is 0 Å². The van der Waals surface area contributed by atoms with Crippen molar-refractivity contribution in [2.75, 3.05) is 66.5 Å². The van der Waals surface area contributed by atoms with Crippen LogP contribution in [0.5, 0.6) is 11.5 Å². The third-order valence-corrected chi connectivity index (χ3v) is 11.7. The van der Waals surface area contributed by atoms with Crippen LogP contribution in [-0.4, -0.2) is 156 Å². The van der Waals surface area contributed by atoms with Crippen molar-refractivity contribution >= 4 is 12.1 Å². The molecule has 0 unspecified atom stereocenters. The molecule has 27 heteroatoms. The fraction of sp³-hybridized carbons (Fsp3) is 0.333. The molecule has 6 heterocycles. The predicted molar refractivity (Wildman–Crippen MR) is 265 cm³/mol. The molecule has 2 fully saturated rings. The highest BCUT2D eigenvalue weighted by atomic mass is 19.4. The zero-order valence-corrected chi connectivity index (χ0v) is 42.7. The van der Waals surface area contributed by atoms with Crippen molar-refractivity contribution in [1.82, 2.24) is 69.8 Å². The number of nitrogens with zero attached hydrogens (tertiary/aromatic N) is 13. The molecule has 0 spiro atoms. The number of halogens is 6. The lowest BCUT2D eigenvalue weighted by Gasteiger charge is -2.32. The van der Waals surface area contributed by atoms with Gasteiger partial charge >= 0.3 is 18.9 Å². The van der Waals surface area contributed by atoms with Crippen LogP contribution in [0.15, 0.2) is 106 Å². The fourth-order valence-corrected chi connectivity index (χ4v) is 7.72. The number of likely N-dealkylation sites (N-methyl/N-ethyl adjacent to an activating group) is 2. The van der Waals surface area contributed by atoms with Crippen LogP contribution in [0.1, 0.15) is 38.7 Å². The third-order valence-electron chi connectivity index (χ3n) is 11.7. The van der Waals surface area contributed by atoms with E-state index in [9.17, 15) is 31.1 Å². The van der Waals surface area contributed by atoms with Crippen molar-refractivity contribution in [2.24, 2.45) is 0 Å². The molecule has 21 nitrogen and oxygen atoms in total. The quantitative estimate of drug-likeness (QED) is 0.127. The molecule has 1 N–H and O–H groups in total. The Labute approximate surface area is 441 Å². The Bertz CT molecular complexity index is 3250. The summed E-state index contributed by atoms with van der Waals surface area (Å²) in [5, 5.41) is 19.9. The second-order valence-corrected chi connectivity index (χ2v) is 17.7. The Morgan fingerprint density at radius 2 is 1.03 bits per heavy atom. The van der Waals surface area contributed by atoms with Crippen molar-refractivity contribution in [1.29, 1.82) is 0 Å². The minimum Gasteiger partial charge on any atom is -0.406 e. The lowest BCUT2D eigenvalue weighted by atomic mass is 10.1. The molecule has 4 aromatic carbocycles. The largest absolute Gasteiger partial charge is 0.573 e. The number of aromatic nitrogens is 10. The van der Waals surface area contributed by atoms with Gasteiger partial charge in [-0.3, -0.25) is 4.79 Å². The van der Waals surface area contributed by atoms with E-state index in [2.05, 4.69) is 78.2 Å². The molecule has 410 valence electrons. The first kappa shape index (κ1) is 57.1. The first-order valence-corrected chi connectivity index (χ1v) is 24.0. The van der Waals surface area contributed by atoms with Crippen LogP contribution >= 0.6 is 0 Å². The zero-order valence-electron chi connectivity index (χ0n) is 42.7. The number of ether oxygens (including phenoxy) is 2. The molecule has 4 aromatic heterocycles. The number of aryl methyl sites for hydroxylation is 3. The van der Waals surface area contributed by atoms with Gasteiger partial charge in [0.15, 0.2) is 0 Å². The van der Waals surface area contributed by atoms with Gasteiger partial charge in [0, 0.05) is 69.0 Å². The summed E-state index contributed by atoms with van der Waals surface area (Å²) in [5.41, 5.74) is 4.65. The molecule has 2 aliphatic heterocycles. The summed E-state index contributed by atoms with van der Waals surface area (Å²) in [6.45, 7) is 14.4. The van der Waals surface area contributed by atoms with Crippen LogP contribution in [0.25, 0.3) is 46.2 Å². The van der Waals surface area contributed by atoms with E-state index in [4.69, 9.17) is 18.6 Å². The van der Waals surface area contributed by atoms with E-state index < -0.39 is 12.7 Å². The molecular formula is C51H52F6N14O7. The molecule has 78 heavy (non-hydrogen) atoms. The number of hydrogen-bond donors (Lipinski definition) is 1. The van der Waals surface area contributed by atoms with E-state index in [1.165, 1.54) is 61.6 Å². The van der Waals surface area contributed by atoms with Crippen LogP contribution in [0.3, 0.4) is 0 Å². The molecule has 0 bridgehead atoms. The van der Waals surface area contributed by atoms with E-state index in [0.29, 0.717) is 54.5 Å². The Hall–Kier alpha value is -8.65. The van der Waals surface area contributed by atoms with Crippen LogP contribution in [0.4, 0.5) is 26.3 Å². The van der Waals surface area contributed by atoms with Gasteiger partial charge in [-0.05, 0) is 107 Å². The molecule has 0 atom stereocenters. The molecule has 8 aromatic rings. The van der Waals surface area contributed by atoms with E-state index in [0.717, 1.165) is 42.9 Å². The van der Waals surface area contributed by atoms with Gasteiger partial charge < -0.3 is 38.5 Å². The Morgan fingerprint density at radius 1 is 0.590 bits per heavy atom. The van der Waals surface area contributed by atoms with E-state index in [1.54, 1.807) is 16.3 Å². The normalized spacial score (nSPS) is 14.0. The molecule has 0 radical (unpaired) electrons. The number of piperazine rings is 2. The highest BCUT2D eigenvalue weighted by Crippen LogP contribution is 2.29. The van der Waals surface area contributed by atoms with Crippen molar-refractivity contribution < 1.29 is 59.2 Å². The van der Waals surface area contributed by atoms with Gasteiger partial charge in [0.25, 0.3) is 17.7 Å². The Balaban J connectivity index is 0.000000196. The van der Waals surface area contributed by atoms with Gasteiger partial charge in [-0.2, -0.15) is 19.6 Å². The van der Waals surface area contributed by atoms with Gasteiger partial charge in [0.1, 0.15) is 23.1 Å². The van der Waals surface area contributed by atoms with Gasteiger partial charge in [0.05, 0.1) is 13.1 Å². The van der Waals surface area contributed by atoms with Crippen LogP contribution in [-0.2, 0) is 22.7 Å². The monoisotopic (exact) mass is 1090 g/mol. The zero-order chi connectivity index (χ0) is 56.0. The van der Waals surface area contributed by atoms with E-state index in [1.807, 2.05) is 68.3 Å². The van der Waals surface area contributed by atoms with Crippen LogP contribution in [0.2, 0.25) is 0 Å².